The number of nitrogens with one attached hydrogen (secondary N) is 1. The maximum absolute atomic E-state index is 13.0. The summed E-state index contributed by atoms with van der Waals surface area (Å²) in [4.78, 5) is 25.5. The van der Waals surface area contributed by atoms with Gasteiger partial charge in [0.2, 0.25) is 0 Å². The topological polar surface area (TPSA) is 92.3 Å². The normalized spacial score (nSPS) is 24.0. The highest BCUT2D eigenvalue weighted by atomic mass is 16.7. The van der Waals surface area contributed by atoms with Crippen molar-refractivity contribution in [3.05, 3.63) is 71.8 Å². The molecule has 1 amide bonds. The lowest BCUT2D eigenvalue weighted by atomic mass is 9.79. The first-order valence-corrected chi connectivity index (χ1v) is 13.6. The van der Waals surface area contributed by atoms with Crippen molar-refractivity contribution >= 4 is 12.1 Å². The molecule has 0 bridgehead atoms. The van der Waals surface area contributed by atoms with Gasteiger partial charge in [-0.2, -0.15) is 0 Å². The number of rotatable bonds is 11. The number of carbonyl (C=O) groups is 2. The summed E-state index contributed by atoms with van der Waals surface area (Å²) in [5.74, 6) is -0.0104. The molecule has 3 rings (SSSR count). The van der Waals surface area contributed by atoms with E-state index >= 15 is 0 Å². The molecule has 1 aliphatic rings. The first kappa shape index (κ1) is 30.6. The molecule has 2 unspecified atom stereocenters. The van der Waals surface area contributed by atoms with Crippen molar-refractivity contribution in [1.29, 1.82) is 0 Å². The molecule has 0 aromatic heterocycles. The number of esters is 1. The number of hydrogen-bond acceptors (Lipinski definition) is 7. The number of benzene rings is 2. The number of hydrogen-bond donors (Lipinski definition) is 1. The molecule has 8 nitrogen and oxygen atoms in total. The van der Waals surface area contributed by atoms with Gasteiger partial charge in [0, 0.05) is 5.92 Å². The Morgan fingerprint density at radius 1 is 0.872 bits per heavy atom. The summed E-state index contributed by atoms with van der Waals surface area (Å²) < 4.78 is 29.3. The second-order valence-electron chi connectivity index (χ2n) is 11.2. The predicted octanol–water partition coefficient (Wildman–Crippen LogP) is 5.49. The molecule has 1 heterocycles. The summed E-state index contributed by atoms with van der Waals surface area (Å²) in [6.07, 6.45) is -1.47. The van der Waals surface area contributed by atoms with Crippen LogP contribution in [0.3, 0.4) is 0 Å². The van der Waals surface area contributed by atoms with Crippen LogP contribution in [-0.2, 0) is 41.7 Å². The van der Waals surface area contributed by atoms with E-state index < -0.39 is 30.0 Å². The lowest BCUT2D eigenvalue weighted by Gasteiger charge is -2.43. The zero-order valence-corrected chi connectivity index (χ0v) is 23.9. The molecule has 1 fully saturated rings. The van der Waals surface area contributed by atoms with Gasteiger partial charge in [-0.25, -0.2) is 9.59 Å². The van der Waals surface area contributed by atoms with Gasteiger partial charge >= 0.3 is 12.1 Å². The number of amides is 1. The molecule has 1 aliphatic heterocycles. The maximum atomic E-state index is 13.0. The highest BCUT2D eigenvalue weighted by Gasteiger charge is 2.40. The highest BCUT2D eigenvalue weighted by molar-refractivity contribution is 5.81. The fraction of sp³-hybridized carbons (Fsp3) is 0.548. The van der Waals surface area contributed by atoms with E-state index in [9.17, 15) is 9.59 Å². The minimum Gasteiger partial charge on any atom is -0.459 e. The molecular weight excluding hydrogens is 498 g/mol. The molecule has 6 atom stereocenters. The molecule has 1 saturated heterocycles. The third kappa shape index (κ3) is 9.95. The Bertz CT molecular complexity index is 1020. The van der Waals surface area contributed by atoms with Gasteiger partial charge in [-0.1, -0.05) is 81.4 Å². The van der Waals surface area contributed by atoms with Crippen molar-refractivity contribution in [2.24, 2.45) is 17.8 Å². The van der Waals surface area contributed by atoms with E-state index in [0.29, 0.717) is 13.2 Å². The van der Waals surface area contributed by atoms with E-state index in [2.05, 4.69) is 26.1 Å². The van der Waals surface area contributed by atoms with Crippen LogP contribution in [0.25, 0.3) is 0 Å². The quantitative estimate of drug-likeness (QED) is 0.376. The van der Waals surface area contributed by atoms with Crippen molar-refractivity contribution in [3.63, 3.8) is 0 Å². The monoisotopic (exact) mass is 541 g/mol. The fourth-order valence-corrected chi connectivity index (χ4v) is 4.37. The minimum absolute atomic E-state index is 0.0629. The molecule has 0 radical (unpaired) electrons. The van der Waals surface area contributed by atoms with E-state index in [1.165, 1.54) is 0 Å². The van der Waals surface area contributed by atoms with Gasteiger partial charge in [0.05, 0.1) is 25.9 Å². The van der Waals surface area contributed by atoms with Gasteiger partial charge in [-0.15, -0.1) is 0 Å². The van der Waals surface area contributed by atoms with Crippen LogP contribution in [0.4, 0.5) is 4.79 Å². The summed E-state index contributed by atoms with van der Waals surface area (Å²) >= 11 is 0. The molecule has 2 aromatic carbocycles. The molecule has 0 spiro atoms. The van der Waals surface area contributed by atoms with Crippen molar-refractivity contribution in [1.82, 2.24) is 5.32 Å². The third-order valence-electron chi connectivity index (χ3n) is 7.00. The molecular formula is C31H43NO7. The van der Waals surface area contributed by atoms with Crippen molar-refractivity contribution in [2.75, 3.05) is 13.2 Å². The molecule has 8 heteroatoms. The van der Waals surface area contributed by atoms with Gasteiger partial charge in [0.1, 0.15) is 12.2 Å². The van der Waals surface area contributed by atoms with Gasteiger partial charge in [-0.3, -0.25) is 0 Å². The zero-order valence-electron chi connectivity index (χ0n) is 23.9. The summed E-state index contributed by atoms with van der Waals surface area (Å²) in [5, 5.41) is 2.61. The van der Waals surface area contributed by atoms with Crippen molar-refractivity contribution < 1.29 is 33.3 Å². The Morgan fingerprint density at radius 2 is 1.46 bits per heavy atom. The number of carbonyl (C=O) groups excluding carboxylic acids is 2. The molecule has 0 aliphatic carbocycles. The van der Waals surface area contributed by atoms with Crippen molar-refractivity contribution in [2.45, 2.75) is 78.8 Å². The van der Waals surface area contributed by atoms with Crippen LogP contribution in [0.5, 0.6) is 0 Å². The van der Waals surface area contributed by atoms with E-state index in [0.717, 1.165) is 11.1 Å². The van der Waals surface area contributed by atoms with Gasteiger partial charge in [-0.05, 0) is 43.7 Å². The summed E-state index contributed by atoms with van der Waals surface area (Å²) in [7, 11) is 0. The average Bonchev–Trinajstić information content (AvgIpc) is 2.90. The van der Waals surface area contributed by atoms with Crippen molar-refractivity contribution in [3.8, 4) is 0 Å². The van der Waals surface area contributed by atoms with E-state index in [1.807, 2.05) is 60.7 Å². The smallest absolute Gasteiger partial charge is 0.408 e. The number of ether oxygens (including phenoxy) is 5. The van der Waals surface area contributed by atoms with E-state index in [1.54, 1.807) is 20.8 Å². The second kappa shape index (κ2) is 14.4. The first-order valence-electron chi connectivity index (χ1n) is 13.6. The Balaban J connectivity index is 1.61. The highest BCUT2D eigenvalue weighted by Crippen LogP contribution is 2.35. The number of alkyl carbamates (subject to hydrolysis) is 1. The third-order valence-corrected chi connectivity index (χ3v) is 7.00. The largest absolute Gasteiger partial charge is 0.459 e. The average molecular weight is 542 g/mol. The van der Waals surface area contributed by atoms with Gasteiger partial charge < -0.3 is 29.0 Å². The van der Waals surface area contributed by atoms with Crippen LogP contribution in [0, 0.1) is 17.8 Å². The summed E-state index contributed by atoms with van der Waals surface area (Å²) in [6.45, 7) is 12.5. The van der Waals surface area contributed by atoms with Gasteiger partial charge in [0.25, 0.3) is 0 Å². The molecule has 39 heavy (non-hydrogen) atoms. The van der Waals surface area contributed by atoms with Crippen LogP contribution < -0.4 is 5.32 Å². The Hall–Kier alpha value is -2.94. The van der Waals surface area contributed by atoms with Crippen LogP contribution in [0.1, 0.15) is 52.7 Å². The minimum atomic E-state index is -1.07. The molecule has 214 valence electrons. The van der Waals surface area contributed by atoms with E-state index in [-0.39, 0.29) is 37.1 Å². The Labute approximate surface area is 232 Å². The van der Waals surface area contributed by atoms with E-state index in [4.69, 9.17) is 23.7 Å². The van der Waals surface area contributed by atoms with Crippen LogP contribution in [0.15, 0.2) is 60.7 Å². The SMILES string of the molecule is CC1[C@@H](OC[C@H](NC(=O)OC(C)(C)C)C(=O)OCc2ccccc2)OC(COCc2ccccc2)[C@H](C)[C@@H]1C. The first-order chi connectivity index (χ1) is 18.5. The summed E-state index contributed by atoms with van der Waals surface area (Å²) in [5.41, 5.74) is 1.22. The lowest BCUT2D eigenvalue weighted by molar-refractivity contribution is -0.258. The second-order valence-corrected chi connectivity index (χ2v) is 11.2. The maximum Gasteiger partial charge on any atom is 0.408 e. The van der Waals surface area contributed by atoms with Gasteiger partial charge in [0.15, 0.2) is 12.3 Å². The molecule has 2 aromatic rings. The Morgan fingerprint density at radius 3 is 2.05 bits per heavy atom. The van der Waals surface area contributed by atoms with Crippen LogP contribution >= 0.6 is 0 Å². The fourth-order valence-electron chi connectivity index (χ4n) is 4.37. The Kier molecular flexibility index (Phi) is 11.3. The molecule has 0 saturated carbocycles. The zero-order chi connectivity index (χ0) is 28.4. The predicted molar refractivity (Wildman–Crippen MR) is 148 cm³/mol. The molecule has 1 N–H and O–H groups in total. The lowest BCUT2D eigenvalue weighted by Crippen LogP contribution is -2.51. The standard InChI is InChI=1S/C31H43NO7/c1-21-22(2)27(20-35-17-24-13-9-7-10-14-24)38-29(23(21)3)37-19-26(32-30(34)39-31(4,5)6)28(33)36-18-25-15-11-8-12-16-25/h7-16,21-23,26-27,29H,17-20H2,1-6H3,(H,32,34)/t21-,22+,23?,26-,27?,29-/m0/s1. The summed E-state index contributed by atoms with van der Waals surface area (Å²) in [6, 6.07) is 18.3. The van der Waals surface area contributed by atoms with Crippen LogP contribution in [-0.4, -0.2) is 49.3 Å². The van der Waals surface area contributed by atoms with Crippen LogP contribution in [0.2, 0.25) is 0 Å².